The van der Waals surface area contributed by atoms with Crippen molar-refractivity contribution in [3.05, 3.63) is 0 Å². The van der Waals surface area contributed by atoms with Crippen LogP contribution in [0.4, 0.5) is 0 Å². The van der Waals surface area contributed by atoms with Crippen molar-refractivity contribution in [1.29, 1.82) is 0 Å². The largest absolute Gasteiger partial charge is 0.378 e. The number of ketones is 1. The topological polar surface area (TPSA) is 46.6 Å². The van der Waals surface area contributed by atoms with Gasteiger partial charge in [0.05, 0.1) is 6.10 Å². The number of hydrogen-bond donors (Lipinski definition) is 0. The van der Waals surface area contributed by atoms with E-state index in [4.69, 9.17) is 4.74 Å². The lowest BCUT2D eigenvalue weighted by atomic mass is 9.93. The summed E-state index contributed by atoms with van der Waals surface area (Å²) in [5.74, 6) is 0.538. The van der Waals surface area contributed by atoms with Crippen LogP contribution in [0.5, 0.6) is 0 Å². The molecule has 1 saturated carbocycles. The molecule has 2 fully saturated rings. The number of hydrogen-bond acceptors (Lipinski definition) is 3. The van der Waals surface area contributed by atoms with E-state index in [9.17, 15) is 9.59 Å². The summed E-state index contributed by atoms with van der Waals surface area (Å²) in [7, 11) is 1.87. The molecule has 0 aromatic carbocycles. The van der Waals surface area contributed by atoms with Crippen LogP contribution >= 0.6 is 0 Å². The lowest BCUT2D eigenvalue weighted by Crippen LogP contribution is -2.39. The maximum Gasteiger partial charge on any atom is 0.222 e. The van der Waals surface area contributed by atoms with Crippen LogP contribution in [-0.2, 0) is 14.3 Å². The molecule has 1 unspecified atom stereocenters. The molecule has 2 aliphatic rings. The molecule has 1 amide bonds. The summed E-state index contributed by atoms with van der Waals surface area (Å²) in [6, 6.07) is 0.264. The Labute approximate surface area is 109 Å². The minimum absolute atomic E-state index is 0.199. The number of carbonyl (C=O) groups excluding carboxylic acids is 2. The first-order chi connectivity index (χ1) is 8.66. The van der Waals surface area contributed by atoms with Crippen LogP contribution in [0.15, 0.2) is 0 Å². The van der Waals surface area contributed by atoms with Crippen LogP contribution in [-0.4, -0.2) is 42.4 Å². The Kier molecular flexibility index (Phi) is 4.75. The first-order valence-corrected chi connectivity index (χ1v) is 7.06. The van der Waals surface area contributed by atoms with E-state index in [-0.39, 0.29) is 18.1 Å². The third kappa shape index (κ3) is 3.55. The zero-order valence-electron chi connectivity index (χ0n) is 11.2. The van der Waals surface area contributed by atoms with Gasteiger partial charge in [-0.2, -0.15) is 0 Å². The van der Waals surface area contributed by atoms with Crippen molar-refractivity contribution < 1.29 is 14.3 Å². The predicted molar refractivity (Wildman–Crippen MR) is 68.2 cm³/mol. The molecule has 4 heteroatoms. The van der Waals surface area contributed by atoms with Gasteiger partial charge >= 0.3 is 0 Å². The highest BCUT2D eigenvalue weighted by Gasteiger charge is 2.26. The van der Waals surface area contributed by atoms with Crippen molar-refractivity contribution >= 4 is 11.7 Å². The molecular formula is C14H23NO3. The summed E-state index contributed by atoms with van der Waals surface area (Å²) < 4.78 is 5.53. The van der Waals surface area contributed by atoms with Gasteiger partial charge in [-0.1, -0.05) is 0 Å². The lowest BCUT2D eigenvalue weighted by Gasteiger charge is -2.31. The molecule has 0 aromatic heterocycles. The van der Waals surface area contributed by atoms with Crippen molar-refractivity contribution in [2.75, 3.05) is 13.7 Å². The quantitative estimate of drug-likeness (QED) is 0.769. The summed E-state index contributed by atoms with van der Waals surface area (Å²) in [5.41, 5.74) is 0. The molecule has 0 radical (unpaired) electrons. The van der Waals surface area contributed by atoms with Gasteiger partial charge in [-0.25, -0.2) is 0 Å². The highest BCUT2D eigenvalue weighted by Crippen LogP contribution is 2.22. The Bertz CT molecular complexity index is 300. The molecular weight excluding hydrogens is 230 g/mol. The number of nitrogens with zero attached hydrogens (tertiary/aromatic N) is 1. The predicted octanol–water partition coefficient (Wildman–Crippen LogP) is 1.92. The lowest BCUT2D eigenvalue weighted by molar-refractivity contribution is -0.134. The van der Waals surface area contributed by atoms with Crippen molar-refractivity contribution in [2.45, 2.75) is 63.5 Å². The van der Waals surface area contributed by atoms with Crippen LogP contribution < -0.4 is 0 Å². The second-order valence-electron chi connectivity index (χ2n) is 5.45. The first-order valence-electron chi connectivity index (χ1n) is 7.06. The summed E-state index contributed by atoms with van der Waals surface area (Å²) in [6.45, 7) is 0.847. The van der Waals surface area contributed by atoms with Gasteiger partial charge in [-0.3, -0.25) is 9.59 Å². The molecule has 2 rings (SSSR count). The molecule has 1 heterocycles. The Morgan fingerprint density at radius 1 is 1.33 bits per heavy atom. The van der Waals surface area contributed by atoms with Gasteiger partial charge in [-0.05, 0) is 32.1 Å². The number of Topliss-reactive ketones (excluding diaryl/α,β-unsaturated/α-hetero) is 1. The summed E-state index contributed by atoms with van der Waals surface area (Å²) >= 11 is 0. The van der Waals surface area contributed by atoms with Crippen LogP contribution in [0.1, 0.15) is 51.4 Å². The maximum absolute atomic E-state index is 12.1. The average Bonchev–Trinajstić information content (AvgIpc) is 2.89. The van der Waals surface area contributed by atoms with E-state index in [1.54, 1.807) is 0 Å². The van der Waals surface area contributed by atoms with Crippen molar-refractivity contribution in [3.63, 3.8) is 0 Å². The van der Waals surface area contributed by atoms with E-state index in [0.29, 0.717) is 25.0 Å². The van der Waals surface area contributed by atoms with E-state index in [0.717, 1.165) is 38.7 Å². The molecule has 102 valence electrons. The minimum Gasteiger partial charge on any atom is -0.378 e. The zero-order valence-corrected chi connectivity index (χ0v) is 11.2. The van der Waals surface area contributed by atoms with Crippen LogP contribution in [0.3, 0.4) is 0 Å². The Morgan fingerprint density at radius 2 is 2.06 bits per heavy atom. The minimum atomic E-state index is 0.199. The summed E-state index contributed by atoms with van der Waals surface area (Å²) in [5, 5.41) is 0. The Balaban J connectivity index is 1.72. The van der Waals surface area contributed by atoms with E-state index in [2.05, 4.69) is 0 Å². The highest BCUT2D eigenvalue weighted by molar-refractivity contribution is 5.80. The molecule has 18 heavy (non-hydrogen) atoms. The normalized spacial score (nSPS) is 25.4. The van der Waals surface area contributed by atoms with Gasteiger partial charge in [-0.15, -0.1) is 0 Å². The zero-order chi connectivity index (χ0) is 13.0. The SMILES string of the molecule is CN(C(=O)CCC1CCCO1)C1CCC(=O)CC1. The second-order valence-corrected chi connectivity index (χ2v) is 5.45. The van der Waals surface area contributed by atoms with Crippen molar-refractivity contribution in [3.8, 4) is 0 Å². The molecule has 0 spiro atoms. The van der Waals surface area contributed by atoms with E-state index >= 15 is 0 Å². The number of ether oxygens (including phenoxy) is 1. The van der Waals surface area contributed by atoms with Crippen LogP contribution in [0.25, 0.3) is 0 Å². The maximum atomic E-state index is 12.1. The molecule has 1 saturated heterocycles. The second kappa shape index (κ2) is 6.32. The molecule has 1 aliphatic heterocycles. The molecule has 4 nitrogen and oxygen atoms in total. The van der Waals surface area contributed by atoms with Gasteiger partial charge in [0.25, 0.3) is 0 Å². The fourth-order valence-electron chi connectivity index (χ4n) is 2.85. The van der Waals surface area contributed by atoms with Crippen molar-refractivity contribution in [2.24, 2.45) is 0 Å². The smallest absolute Gasteiger partial charge is 0.222 e. The third-order valence-corrected chi connectivity index (χ3v) is 4.16. The molecule has 1 atom stereocenters. The summed E-state index contributed by atoms with van der Waals surface area (Å²) in [4.78, 5) is 25.1. The average molecular weight is 253 g/mol. The Hall–Kier alpha value is -0.900. The summed E-state index contributed by atoms with van der Waals surface area (Å²) in [6.07, 6.45) is 6.86. The highest BCUT2D eigenvalue weighted by atomic mass is 16.5. The van der Waals surface area contributed by atoms with E-state index in [1.807, 2.05) is 11.9 Å². The van der Waals surface area contributed by atoms with Crippen LogP contribution in [0, 0.1) is 0 Å². The molecule has 1 aliphatic carbocycles. The third-order valence-electron chi connectivity index (χ3n) is 4.16. The standard InChI is InChI=1S/C14H23NO3/c1-15(11-4-6-12(16)7-5-11)14(17)9-8-13-3-2-10-18-13/h11,13H,2-10H2,1H3. The van der Waals surface area contributed by atoms with E-state index < -0.39 is 0 Å². The number of amides is 1. The fraction of sp³-hybridized carbons (Fsp3) is 0.857. The van der Waals surface area contributed by atoms with Gasteiger partial charge in [0.2, 0.25) is 5.91 Å². The van der Waals surface area contributed by atoms with Gasteiger partial charge in [0, 0.05) is 39.0 Å². The van der Waals surface area contributed by atoms with Gasteiger partial charge < -0.3 is 9.64 Å². The van der Waals surface area contributed by atoms with Gasteiger partial charge in [0.15, 0.2) is 0 Å². The Morgan fingerprint density at radius 3 is 2.67 bits per heavy atom. The van der Waals surface area contributed by atoms with Gasteiger partial charge in [0.1, 0.15) is 5.78 Å². The molecule has 0 N–H and O–H groups in total. The first kappa shape index (κ1) is 13.5. The number of carbonyl (C=O) groups is 2. The molecule has 0 bridgehead atoms. The molecule has 0 aromatic rings. The number of rotatable bonds is 4. The fourth-order valence-corrected chi connectivity index (χ4v) is 2.85. The monoisotopic (exact) mass is 253 g/mol. The van der Waals surface area contributed by atoms with Crippen LogP contribution in [0.2, 0.25) is 0 Å². The van der Waals surface area contributed by atoms with Crippen molar-refractivity contribution in [1.82, 2.24) is 4.90 Å². The van der Waals surface area contributed by atoms with E-state index in [1.165, 1.54) is 0 Å².